The van der Waals surface area contributed by atoms with Crippen molar-refractivity contribution in [3.05, 3.63) is 59.5 Å². The summed E-state index contributed by atoms with van der Waals surface area (Å²) in [6, 6.07) is 10.6. The zero-order chi connectivity index (χ0) is 19.8. The first-order valence-corrected chi connectivity index (χ1v) is 9.79. The predicted octanol–water partition coefficient (Wildman–Crippen LogP) is 2.85. The van der Waals surface area contributed by atoms with Crippen LogP contribution in [0.4, 0.5) is 10.2 Å². The number of piperazine rings is 1. The lowest BCUT2D eigenvalue weighted by Gasteiger charge is -2.34. The molecular weight excluding hydrogens is 482 g/mol. The van der Waals surface area contributed by atoms with E-state index in [4.69, 9.17) is 0 Å². The smallest absolute Gasteiger partial charge is 0.191 e. The van der Waals surface area contributed by atoms with Gasteiger partial charge < -0.3 is 20.4 Å². The van der Waals surface area contributed by atoms with E-state index < -0.39 is 0 Å². The van der Waals surface area contributed by atoms with E-state index in [1.807, 2.05) is 25.3 Å². The highest BCUT2D eigenvalue weighted by molar-refractivity contribution is 14.0. The third kappa shape index (κ3) is 7.11. The summed E-state index contributed by atoms with van der Waals surface area (Å²) in [5.74, 6) is 1.50. The molecule has 1 aromatic heterocycles. The third-order valence-corrected chi connectivity index (χ3v) is 4.77. The minimum Gasteiger partial charge on any atom is -0.357 e. The van der Waals surface area contributed by atoms with Crippen molar-refractivity contribution in [2.24, 2.45) is 4.99 Å². The van der Waals surface area contributed by atoms with Gasteiger partial charge in [-0.05, 0) is 37.7 Å². The fourth-order valence-electron chi connectivity index (χ4n) is 3.20. The predicted molar refractivity (Wildman–Crippen MR) is 127 cm³/mol. The second-order valence-electron chi connectivity index (χ2n) is 6.96. The lowest BCUT2D eigenvalue weighted by molar-refractivity contribution is 0.312. The summed E-state index contributed by atoms with van der Waals surface area (Å²) >= 11 is 0. The van der Waals surface area contributed by atoms with Gasteiger partial charge >= 0.3 is 0 Å². The summed E-state index contributed by atoms with van der Waals surface area (Å²) in [6.07, 6.45) is 1.85. The summed E-state index contributed by atoms with van der Waals surface area (Å²) in [5.41, 5.74) is 1.99. The normalized spacial score (nSPS) is 15.0. The summed E-state index contributed by atoms with van der Waals surface area (Å²) in [6.45, 7) is 7.88. The van der Waals surface area contributed by atoms with Crippen LogP contribution in [0.15, 0.2) is 47.6 Å². The highest BCUT2D eigenvalue weighted by Gasteiger charge is 2.17. The first kappa shape index (κ1) is 23.3. The molecular formula is C21H30FIN6. The number of hydrogen-bond acceptors (Lipinski definition) is 4. The number of benzene rings is 1. The SMILES string of the molecule is CCNC(=NCc1cccc(F)c1)NCc1cccnc1N1CCN(C)CC1.I. The number of aliphatic imine (C=N–C) groups is 1. The van der Waals surface area contributed by atoms with E-state index in [1.165, 1.54) is 12.1 Å². The fraction of sp³-hybridized carbons (Fsp3) is 0.429. The topological polar surface area (TPSA) is 55.8 Å². The first-order valence-electron chi connectivity index (χ1n) is 9.79. The molecule has 1 aliphatic rings. The molecule has 0 radical (unpaired) electrons. The Morgan fingerprint density at radius 1 is 1.14 bits per heavy atom. The average molecular weight is 512 g/mol. The molecule has 3 rings (SSSR count). The standard InChI is InChI=1S/C21H29FN6.HI/c1-3-23-21(25-15-17-6-4-8-19(22)14-17)26-16-18-7-5-9-24-20(18)28-12-10-27(2)11-13-28;/h4-9,14H,3,10-13,15-16H2,1-2H3,(H2,23,25,26);1H. The van der Waals surface area contributed by atoms with E-state index in [2.05, 4.69) is 43.5 Å². The number of guanidine groups is 1. The maximum absolute atomic E-state index is 13.4. The number of aromatic nitrogens is 1. The van der Waals surface area contributed by atoms with Crippen LogP contribution in [-0.2, 0) is 13.1 Å². The van der Waals surface area contributed by atoms with Gasteiger partial charge in [0.2, 0.25) is 0 Å². The van der Waals surface area contributed by atoms with Gasteiger partial charge in [0.25, 0.3) is 0 Å². The highest BCUT2D eigenvalue weighted by Crippen LogP contribution is 2.18. The molecule has 0 unspecified atom stereocenters. The maximum atomic E-state index is 13.4. The number of nitrogens with zero attached hydrogens (tertiary/aromatic N) is 4. The molecule has 0 atom stereocenters. The van der Waals surface area contributed by atoms with Gasteiger partial charge in [0, 0.05) is 51.0 Å². The lowest BCUT2D eigenvalue weighted by Crippen LogP contribution is -2.45. The Balaban J connectivity index is 0.00000300. The second kappa shape index (κ2) is 11.9. The molecule has 0 amide bonds. The monoisotopic (exact) mass is 512 g/mol. The molecule has 0 spiro atoms. The van der Waals surface area contributed by atoms with Gasteiger partial charge in [0.15, 0.2) is 5.96 Å². The van der Waals surface area contributed by atoms with Crippen LogP contribution in [0.5, 0.6) is 0 Å². The van der Waals surface area contributed by atoms with Crippen LogP contribution < -0.4 is 15.5 Å². The molecule has 158 valence electrons. The van der Waals surface area contributed by atoms with Crippen molar-refractivity contribution in [3.63, 3.8) is 0 Å². The van der Waals surface area contributed by atoms with Gasteiger partial charge in [-0.25, -0.2) is 14.4 Å². The van der Waals surface area contributed by atoms with Gasteiger partial charge in [-0.15, -0.1) is 24.0 Å². The number of pyridine rings is 1. The van der Waals surface area contributed by atoms with Crippen molar-refractivity contribution >= 4 is 35.8 Å². The summed E-state index contributed by atoms with van der Waals surface area (Å²) in [5, 5.41) is 6.63. The Kier molecular flexibility index (Phi) is 9.59. The molecule has 0 saturated carbocycles. The molecule has 1 saturated heterocycles. The largest absolute Gasteiger partial charge is 0.357 e. The minimum absolute atomic E-state index is 0. The maximum Gasteiger partial charge on any atom is 0.191 e. The van der Waals surface area contributed by atoms with E-state index in [0.717, 1.165) is 49.7 Å². The van der Waals surface area contributed by atoms with E-state index in [1.54, 1.807) is 6.07 Å². The Hall–Kier alpha value is -1.94. The Bertz CT molecular complexity index is 792. The number of hydrogen-bond donors (Lipinski definition) is 2. The van der Waals surface area contributed by atoms with Crippen LogP contribution in [0, 0.1) is 5.82 Å². The van der Waals surface area contributed by atoms with Crippen molar-refractivity contribution in [2.75, 3.05) is 44.7 Å². The fourth-order valence-corrected chi connectivity index (χ4v) is 3.20. The Morgan fingerprint density at radius 2 is 1.93 bits per heavy atom. The molecule has 1 aliphatic heterocycles. The number of halogens is 2. The summed E-state index contributed by atoms with van der Waals surface area (Å²) < 4.78 is 13.4. The molecule has 29 heavy (non-hydrogen) atoms. The third-order valence-electron chi connectivity index (χ3n) is 4.77. The highest BCUT2D eigenvalue weighted by atomic mass is 127. The van der Waals surface area contributed by atoms with Gasteiger partial charge in [0.1, 0.15) is 11.6 Å². The van der Waals surface area contributed by atoms with E-state index in [0.29, 0.717) is 19.0 Å². The molecule has 6 nitrogen and oxygen atoms in total. The Morgan fingerprint density at radius 3 is 2.66 bits per heavy atom. The van der Waals surface area contributed by atoms with Gasteiger partial charge in [-0.2, -0.15) is 0 Å². The van der Waals surface area contributed by atoms with Crippen molar-refractivity contribution in [2.45, 2.75) is 20.0 Å². The first-order chi connectivity index (χ1) is 13.7. The van der Waals surface area contributed by atoms with Crippen molar-refractivity contribution in [3.8, 4) is 0 Å². The van der Waals surface area contributed by atoms with Crippen LogP contribution in [0.3, 0.4) is 0 Å². The number of likely N-dealkylation sites (N-methyl/N-ethyl adjacent to an activating group) is 1. The lowest BCUT2D eigenvalue weighted by atomic mass is 10.2. The van der Waals surface area contributed by atoms with E-state index in [-0.39, 0.29) is 29.8 Å². The molecule has 1 aromatic carbocycles. The van der Waals surface area contributed by atoms with Gasteiger partial charge in [0.05, 0.1) is 6.54 Å². The minimum atomic E-state index is -0.238. The van der Waals surface area contributed by atoms with Gasteiger partial charge in [-0.3, -0.25) is 0 Å². The van der Waals surface area contributed by atoms with Crippen molar-refractivity contribution in [1.29, 1.82) is 0 Å². The van der Waals surface area contributed by atoms with Crippen molar-refractivity contribution in [1.82, 2.24) is 20.5 Å². The van der Waals surface area contributed by atoms with Crippen LogP contribution in [0.25, 0.3) is 0 Å². The quantitative estimate of drug-likeness (QED) is 0.354. The van der Waals surface area contributed by atoms with Crippen LogP contribution >= 0.6 is 24.0 Å². The zero-order valence-corrected chi connectivity index (χ0v) is 19.4. The van der Waals surface area contributed by atoms with E-state index >= 15 is 0 Å². The van der Waals surface area contributed by atoms with Crippen LogP contribution in [0.2, 0.25) is 0 Å². The molecule has 2 heterocycles. The Labute approximate surface area is 189 Å². The number of rotatable bonds is 6. The average Bonchev–Trinajstić information content (AvgIpc) is 2.71. The second-order valence-corrected chi connectivity index (χ2v) is 6.96. The number of nitrogens with one attached hydrogen (secondary N) is 2. The number of anilines is 1. The van der Waals surface area contributed by atoms with E-state index in [9.17, 15) is 4.39 Å². The molecule has 0 aliphatic carbocycles. The summed E-state index contributed by atoms with van der Waals surface area (Å²) in [7, 11) is 2.15. The molecule has 2 aromatic rings. The van der Waals surface area contributed by atoms with Crippen LogP contribution in [0.1, 0.15) is 18.1 Å². The zero-order valence-electron chi connectivity index (χ0n) is 17.1. The van der Waals surface area contributed by atoms with Gasteiger partial charge in [-0.1, -0.05) is 18.2 Å². The summed E-state index contributed by atoms with van der Waals surface area (Å²) in [4.78, 5) is 13.9. The van der Waals surface area contributed by atoms with Crippen LogP contribution in [-0.4, -0.2) is 55.6 Å². The van der Waals surface area contributed by atoms with Crippen molar-refractivity contribution < 1.29 is 4.39 Å². The molecule has 0 bridgehead atoms. The molecule has 1 fully saturated rings. The molecule has 8 heteroatoms. The molecule has 2 N–H and O–H groups in total.